The van der Waals surface area contributed by atoms with E-state index in [2.05, 4.69) is 15.2 Å². The highest BCUT2D eigenvalue weighted by molar-refractivity contribution is 5.93. The maximum atomic E-state index is 12.0. The summed E-state index contributed by atoms with van der Waals surface area (Å²) >= 11 is 0. The number of carbonyl (C=O) groups excluding carboxylic acids is 2. The molecule has 1 aromatic rings. The first-order valence-electron chi connectivity index (χ1n) is 8.02. The second kappa shape index (κ2) is 6.95. The van der Waals surface area contributed by atoms with Gasteiger partial charge in [0.05, 0.1) is 11.9 Å². The third-order valence-electron chi connectivity index (χ3n) is 4.31. The molecule has 3 rings (SSSR count). The van der Waals surface area contributed by atoms with Gasteiger partial charge in [-0.1, -0.05) is 0 Å². The molecule has 2 aliphatic rings. The predicted molar refractivity (Wildman–Crippen MR) is 86.3 cm³/mol. The van der Waals surface area contributed by atoms with Crippen LogP contribution in [0.15, 0.2) is 18.3 Å². The van der Waals surface area contributed by atoms with E-state index in [1.165, 1.54) is 0 Å². The number of hydrogen-bond donors (Lipinski definition) is 1. The van der Waals surface area contributed by atoms with Crippen molar-refractivity contribution in [2.45, 2.75) is 25.9 Å². The summed E-state index contributed by atoms with van der Waals surface area (Å²) in [5.74, 6) is 0.532. The fraction of sp³-hybridized carbons (Fsp3) is 0.562. The normalized spacial score (nSPS) is 21.3. The van der Waals surface area contributed by atoms with Crippen molar-refractivity contribution in [2.24, 2.45) is 0 Å². The second-order valence-electron chi connectivity index (χ2n) is 5.89. The lowest BCUT2D eigenvalue weighted by Crippen LogP contribution is -2.48. The van der Waals surface area contributed by atoms with Crippen LogP contribution in [0.5, 0.6) is 0 Å². The summed E-state index contributed by atoms with van der Waals surface area (Å²) in [6.45, 7) is 5.30. The van der Waals surface area contributed by atoms with E-state index >= 15 is 0 Å². The predicted octanol–water partition coefficient (Wildman–Crippen LogP) is 0.868. The third kappa shape index (κ3) is 3.79. The number of amides is 2. The Morgan fingerprint density at radius 1 is 1.26 bits per heavy atom. The number of ether oxygens (including phenoxy) is 1. The molecule has 23 heavy (non-hydrogen) atoms. The molecular weight excluding hydrogens is 296 g/mol. The van der Waals surface area contributed by atoms with Crippen LogP contribution in [-0.4, -0.2) is 60.6 Å². The molecule has 1 N–H and O–H groups in total. The van der Waals surface area contributed by atoms with Gasteiger partial charge < -0.3 is 19.9 Å². The van der Waals surface area contributed by atoms with Crippen molar-refractivity contribution < 1.29 is 14.3 Å². The lowest BCUT2D eigenvalue weighted by molar-refractivity contribution is -0.129. The largest absolute Gasteiger partial charge is 0.368 e. The Bertz CT molecular complexity index is 561. The van der Waals surface area contributed by atoms with Gasteiger partial charge in [-0.3, -0.25) is 9.59 Å². The van der Waals surface area contributed by atoms with Gasteiger partial charge in [-0.2, -0.15) is 0 Å². The molecule has 0 spiro atoms. The van der Waals surface area contributed by atoms with E-state index in [1.807, 2.05) is 11.0 Å². The number of pyridine rings is 1. The summed E-state index contributed by atoms with van der Waals surface area (Å²) in [5, 5.41) is 2.79. The fourth-order valence-electron chi connectivity index (χ4n) is 2.92. The number of carbonyl (C=O) groups is 2. The van der Waals surface area contributed by atoms with Crippen LogP contribution in [-0.2, 0) is 14.3 Å². The molecule has 0 aliphatic carbocycles. The first kappa shape index (κ1) is 15.7. The molecule has 0 radical (unpaired) electrons. The summed E-state index contributed by atoms with van der Waals surface area (Å²) < 4.78 is 5.35. The Labute approximate surface area is 135 Å². The number of anilines is 2. The fourth-order valence-corrected chi connectivity index (χ4v) is 2.92. The van der Waals surface area contributed by atoms with Gasteiger partial charge in [0.2, 0.25) is 5.91 Å². The van der Waals surface area contributed by atoms with Crippen LogP contribution in [0.2, 0.25) is 0 Å². The molecule has 0 aromatic carbocycles. The molecule has 2 fully saturated rings. The lowest BCUT2D eigenvalue weighted by atomic mass is 10.2. The highest BCUT2D eigenvalue weighted by Crippen LogP contribution is 2.18. The summed E-state index contributed by atoms with van der Waals surface area (Å²) in [5.41, 5.74) is 1.00. The van der Waals surface area contributed by atoms with Gasteiger partial charge in [0, 0.05) is 39.7 Å². The highest BCUT2D eigenvalue weighted by Gasteiger charge is 2.24. The number of rotatable bonds is 3. The molecule has 2 aliphatic heterocycles. The van der Waals surface area contributed by atoms with Crippen LogP contribution >= 0.6 is 0 Å². The number of piperazine rings is 1. The van der Waals surface area contributed by atoms with E-state index in [-0.39, 0.29) is 17.9 Å². The quantitative estimate of drug-likeness (QED) is 0.895. The van der Waals surface area contributed by atoms with E-state index < -0.39 is 0 Å². The van der Waals surface area contributed by atoms with E-state index in [0.717, 1.165) is 44.7 Å². The minimum absolute atomic E-state index is 0.120. The average Bonchev–Trinajstić information content (AvgIpc) is 3.10. The summed E-state index contributed by atoms with van der Waals surface area (Å²) in [6, 6.07) is 3.75. The van der Waals surface area contributed by atoms with Crippen LogP contribution < -0.4 is 10.2 Å². The molecule has 2 saturated heterocycles. The number of hydrogen-bond acceptors (Lipinski definition) is 5. The molecule has 0 bridgehead atoms. The zero-order chi connectivity index (χ0) is 16.2. The van der Waals surface area contributed by atoms with E-state index in [1.54, 1.807) is 19.2 Å². The van der Waals surface area contributed by atoms with Gasteiger partial charge in [-0.05, 0) is 25.0 Å². The van der Waals surface area contributed by atoms with Gasteiger partial charge in [0.1, 0.15) is 11.9 Å². The molecular formula is C16H22N4O3. The maximum absolute atomic E-state index is 12.0. The average molecular weight is 318 g/mol. The summed E-state index contributed by atoms with van der Waals surface area (Å²) in [6.07, 6.45) is 3.10. The molecule has 2 amide bonds. The van der Waals surface area contributed by atoms with Crippen molar-refractivity contribution in [1.82, 2.24) is 9.88 Å². The van der Waals surface area contributed by atoms with Gasteiger partial charge >= 0.3 is 0 Å². The van der Waals surface area contributed by atoms with Crippen molar-refractivity contribution in [3.8, 4) is 0 Å². The molecule has 1 unspecified atom stereocenters. The van der Waals surface area contributed by atoms with Crippen molar-refractivity contribution in [1.29, 1.82) is 0 Å². The Morgan fingerprint density at radius 3 is 2.61 bits per heavy atom. The summed E-state index contributed by atoms with van der Waals surface area (Å²) in [7, 11) is 0. The Balaban J connectivity index is 1.55. The number of aromatic nitrogens is 1. The summed E-state index contributed by atoms with van der Waals surface area (Å²) in [4.78, 5) is 31.7. The van der Waals surface area contributed by atoms with Gasteiger partial charge in [-0.15, -0.1) is 0 Å². The monoisotopic (exact) mass is 318 g/mol. The van der Waals surface area contributed by atoms with Crippen LogP contribution in [0.1, 0.15) is 19.8 Å². The molecule has 7 nitrogen and oxygen atoms in total. The van der Waals surface area contributed by atoms with Gasteiger partial charge in [-0.25, -0.2) is 4.98 Å². The highest BCUT2D eigenvalue weighted by atomic mass is 16.5. The van der Waals surface area contributed by atoms with Gasteiger partial charge in [0.15, 0.2) is 0 Å². The third-order valence-corrected chi connectivity index (χ3v) is 4.31. The van der Waals surface area contributed by atoms with Crippen molar-refractivity contribution in [2.75, 3.05) is 43.0 Å². The first-order valence-corrected chi connectivity index (χ1v) is 8.02. The van der Waals surface area contributed by atoms with Crippen molar-refractivity contribution in [3.05, 3.63) is 18.3 Å². The Kier molecular flexibility index (Phi) is 4.76. The molecule has 124 valence electrons. The molecule has 1 atom stereocenters. The van der Waals surface area contributed by atoms with Crippen LogP contribution in [0, 0.1) is 0 Å². The topological polar surface area (TPSA) is 74.8 Å². The lowest BCUT2D eigenvalue weighted by Gasteiger charge is -2.35. The first-order chi connectivity index (χ1) is 11.1. The molecule has 1 aromatic heterocycles. The van der Waals surface area contributed by atoms with E-state index in [4.69, 9.17) is 4.74 Å². The number of nitrogens with zero attached hydrogens (tertiary/aromatic N) is 3. The van der Waals surface area contributed by atoms with Crippen LogP contribution in [0.3, 0.4) is 0 Å². The molecule has 7 heteroatoms. The van der Waals surface area contributed by atoms with E-state index in [9.17, 15) is 9.59 Å². The Morgan fingerprint density at radius 2 is 2.04 bits per heavy atom. The van der Waals surface area contributed by atoms with E-state index in [0.29, 0.717) is 12.4 Å². The van der Waals surface area contributed by atoms with Crippen LogP contribution in [0.25, 0.3) is 0 Å². The van der Waals surface area contributed by atoms with Crippen molar-refractivity contribution >= 4 is 23.3 Å². The standard InChI is InChI=1S/C16H22N4O3/c1-12(21)19-6-8-20(9-7-19)13-4-5-15(17-11-13)18-16(22)14-3-2-10-23-14/h4-5,11,14H,2-3,6-10H2,1H3,(H,17,18,22). The zero-order valence-electron chi connectivity index (χ0n) is 13.3. The number of nitrogens with one attached hydrogen (secondary N) is 1. The molecule has 0 saturated carbocycles. The minimum atomic E-state index is -0.351. The zero-order valence-corrected chi connectivity index (χ0v) is 13.3. The smallest absolute Gasteiger partial charge is 0.254 e. The van der Waals surface area contributed by atoms with Crippen LogP contribution in [0.4, 0.5) is 11.5 Å². The molecule has 3 heterocycles. The minimum Gasteiger partial charge on any atom is -0.368 e. The SMILES string of the molecule is CC(=O)N1CCN(c2ccc(NC(=O)C3CCCO3)nc2)CC1. The van der Waals surface area contributed by atoms with Crippen molar-refractivity contribution in [3.63, 3.8) is 0 Å². The Hall–Kier alpha value is -2.15. The second-order valence-corrected chi connectivity index (χ2v) is 5.89. The maximum Gasteiger partial charge on any atom is 0.254 e. The van der Waals surface area contributed by atoms with Gasteiger partial charge in [0.25, 0.3) is 5.91 Å².